The molecule has 0 spiro atoms. The van der Waals surface area contributed by atoms with Crippen LogP contribution < -0.4 is 2.89 Å². The first-order valence-corrected chi connectivity index (χ1v) is 49.2. The third kappa shape index (κ3) is 22.8. The van der Waals surface area contributed by atoms with Gasteiger partial charge in [0.2, 0.25) is 0 Å². The van der Waals surface area contributed by atoms with E-state index < -0.39 is 18.4 Å². The Balaban J connectivity index is 0.000000206. The number of hydrogen-bond acceptors (Lipinski definition) is 10. The molecule has 0 aromatic carbocycles. The number of hydrogen-bond donors (Lipinski definition) is 0. The van der Waals surface area contributed by atoms with Crippen LogP contribution >= 0.6 is 146 Å². The third-order valence-electron chi connectivity index (χ3n) is 13.9. The number of thioether (sulfide) groups is 2. The van der Waals surface area contributed by atoms with E-state index in [-0.39, 0.29) is 0 Å². The summed E-state index contributed by atoms with van der Waals surface area (Å²) in [7, 11) is 0. The molecule has 77 heavy (non-hydrogen) atoms. The van der Waals surface area contributed by atoms with Gasteiger partial charge in [-0.3, -0.25) is 0 Å². The van der Waals surface area contributed by atoms with Crippen molar-refractivity contribution in [1.82, 2.24) is 0 Å². The molecular formula is C64H90Br2S10Sn. The van der Waals surface area contributed by atoms with Gasteiger partial charge in [0.05, 0.1) is 17.3 Å². The number of fused-ring (bicyclic) bond motifs is 2. The van der Waals surface area contributed by atoms with E-state index in [4.69, 9.17) is 0 Å². The van der Waals surface area contributed by atoms with Crippen molar-refractivity contribution in [2.45, 2.75) is 227 Å². The molecule has 8 heterocycles. The van der Waals surface area contributed by atoms with E-state index in [0.717, 1.165) is 0 Å². The molecule has 0 amide bonds. The maximum absolute atomic E-state index is 3.69. The number of thiophene rings is 8. The molecule has 0 aliphatic rings. The summed E-state index contributed by atoms with van der Waals surface area (Å²) in [5.41, 5.74) is 2.80. The molecule has 0 atom stereocenters. The Labute approximate surface area is 529 Å². The molecule has 0 N–H and O–H groups in total. The summed E-state index contributed by atoms with van der Waals surface area (Å²) in [6, 6.07) is 18.9. The number of halogens is 2. The van der Waals surface area contributed by atoms with Crippen molar-refractivity contribution in [1.29, 1.82) is 0 Å². The van der Waals surface area contributed by atoms with E-state index in [0.29, 0.717) is 0 Å². The molecule has 0 bridgehead atoms. The molecule has 0 aliphatic heterocycles. The van der Waals surface area contributed by atoms with Crippen molar-refractivity contribution in [3.63, 3.8) is 0 Å². The fourth-order valence-corrected chi connectivity index (χ4v) is 28.6. The van der Waals surface area contributed by atoms with Crippen LogP contribution in [0.1, 0.15) is 194 Å². The van der Waals surface area contributed by atoms with Gasteiger partial charge in [-0.05, 0) is 131 Å². The minimum absolute atomic E-state index is 1.22. The van der Waals surface area contributed by atoms with E-state index >= 15 is 0 Å². The molecule has 424 valence electrons. The van der Waals surface area contributed by atoms with E-state index in [9.17, 15) is 0 Å². The average Bonchev–Trinajstić information content (AvgIpc) is 4.29. The van der Waals surface area contributed by atoms with Crippen LogP contribution in [-0.4, -0.2) is 29.9 Å². The predicted octanol–water partition coefficient (Wildman–Crippen LogP) is 28.1. The molecule has 0 saturated carbocycles. The van der Waals surface area contributed by atoms with Gasteiger partial charge in [0.15, 0.2) is 0 Å². The van der Waals surface area contributed by atoms with Crippen LogP contribution in [0.4, 0.5) is 0 Å². The van der Waals surface area contributed by atoms with Crippen LogP contribution in [0.3, 0.4) is 0 Å². The van der Waals surface area contributed by atoms with Gasteiger partial charge in [-0.2, -0.15) is 0 Å². The molecule has 0 nitrogen and oxygen atoms in total. The van der Waals surface area contributed by atoms with Gasteiger partial charge in [0.1, 0.15) is 0 Å². The van der Waals surface area contributed by atoms with Crippen molar-refractivity contribution < 1.29 is 0 Å². The molecule has 8 aromatic rings. The molecule has 0 radical (unpaired) electrons. The van der Waals surface area contributed by atoms with Crippen LogP contribution in [-0.2, 0) is 0 Å². The second kappa shape index (κ2) is 35.8. The Bertz CT molecular complexity index is 2840. The van der Waals surface area contributed by atoms with E-state index in [1.165, 1.54) is 257 Å². The molecule has 8 aromatic heterocycles. The minimum atomic E-state index is -1.78. The zero-order valence-electron chi connectivity index (χ0n) is 48.3. The fraction of sp³-hybridized carbons (Fsp3) is 0.562. The van der Waals surface area contributed by atoms with E-state index in [2.05, 4.69) is 155 Å². The SMILES string of the molecule is CCCCCCCCCCCCCCSc1cc(Br)sc1-c1sc(Br)cc1C.CCCCCCCCCCCCCCSc1cc(C)sc1-c1sc(-c2cc3sc(C)cc3s2)cc1C.Cc1cc2s[c]([Sn]([CH3])([CH3])[CH3])cc2s1. The summed E-state index contributed by atoms with van der Waals surface area (Å²) in [5, 5.41) is 0. The van der Waals surface area contributed by atoms with Crippen molar-refractivity contribution in [2.24, 2.45) is 0 Å². The summed E-state index contributed by atoms with van der Waals surface area (Å²) in [5.74, 6) is 2.48. The third-order valence-corrected chi connectivity index (χ3v) is 36.4. The topological polar surface area (TPSA) is 0 Å². The average molecular weight is 1460 g/mol. The van der Waals surface area contributed by atoms with Crippen molar-refractivity contribution >= 4 is 186 Å². The Kier molecular flexibility index (Phi) is 31.0. The first-order valence-electron chi connectivity index (χ1n) is 29.2. The normalized spacial score (nSPS) is 11.8. The van der Waals surface area contributed by atoms with Gasteiger partial charge in [0.25, 0.3) is 0 Å². The van der Waals surface area contributed by atoms with Gasteiger partial charge in [-0.1, -0.05) is 155 Å². The fourth-order valence-electron chi connectivity index (χ4n) is 9.52. The van der Waals surface area contributed by atoms with Crippen LogP contribution in [0.5, 0.6) is 0 Å². The summed E-state index contributed by atoms with van der Waals surface area (Å²) in [6.45, 7) is 15.8. The van der Waals surface area contributed by atoms with Crippen LogP contribution in [0.2, 0.25) is 14.8 Å². The Hall–Kier alpha value is 0.579. The first-order chi connectivity index (χ1) is 37.1. The summed E-state index contributed by atoms with van der Waals surface area (Å²) in [6.07, 6.45) is 34.1. The number of rotatable bonds is 32. The maximum atomic E-state index is 3.69. The van der Waals surface area contributed by atoms with Crippen LogP contribution in [0.15, 0.2) is 65.9 Å². The van der Waals surface area contributed by atoms with Crippen LogP contribution in [0, 0.1) is 34.6 Å². The summed E-state index contributed by atoms with van der Waals surface area (Å²) < 4.78 is 10.0. The molecular weight excluding hydrogens is 1370 g/mol. The zero-order valence-corrected chi connectivity index (χ0v) is 62.5. The van der Waals surface area contributed by atoms with E-state index in [1.54, 1.807) is 2.89 Å². The van der Waals surface area contributed by atoms with Gasteiger partial charge >= 0.3 is 92.1 Å². The summed E-state index contributed by atoms with van der Waals surface area (Å²) >= 11 is 25.2. The van der Waals surface area contributed by atoms with Crippen LogP contribution in [0.25, 0.3) is 48.1 Å². The second-order valence-electron chi connectivity index (χ2n) is 22.1. The predicted molar refractivity (Wildman–Crippen MR) is 379 cm³/mol. The Morgan fingerprint density at radius 2 is 0.727 bits per heavy atom. The Morgan fingerprint density at radius 3 is 1.19 bits per heavy atom. The van der Waals surface area contributed by atoms with Crippen molar-refractivity contribution in [3.05, 3.63) is 81.9 Å². The van der Waals surface area contributed by atoms with Gasteiger partial charge < -0.3 is 0 Å². The molecule has 8 rings (SSSR count). The zero-order chi connectivity index (χ0) is 55.2. The first kappa shape index (κ1) is 66.7. The summed E-state index contributed by atoms with van der Waals surface area (Å²) in [4.78, 5) is 23.4. The van der Waals surface area contributed by atoms with Gasteiger partial charge in [-0.25, -0.2) is 0 Å². The quantitative estimate of drug-likeness (QED) is 0.0234. The molecule has 0 fully saturated rings. The molecule has 0 unspecified atom stereocenters. The van der Waals surface area contributed by atoms with Gasteiger partial charge in [-0.15, -0.1) is 91.5 Å². The van der Waals surface area contributed by atoms with Crippen molar-refractivity contribution in [2.75, 3.05) is 11.5 Å². The Morgan fingerprint density at radius 1 is 0.351 bits per heavy atom. The molecule has 0 saturated heterocycles. The monoisotopic (exact) mass is 1460 g/mol. The molecule has 0 aliphatic carbocycles. The van der Waals surface area contributed by atoms with Crippen molar-refractivity contribution in [3.8, 4) is 29.3 Å². The second-order valence-corrected chi connectivity index (χ2v) is 51.7. The number of unbranched alkanes of at least 4 members (excludes halogenated alkanes) is 22. The van der Waals surface area contributed by atoms with E-state index in [1.807, 2.05) is 102 Å². The molecule has 13 heteroatoms. The number of aryl methyl sites for hydroxylation is 5. The van der Waals surface area contributed by atoms with Gasteiger partial charge in [0, 0.05) is 48.5 Å². The standard InChI is InChI=1S/C31H42S5.C23H34Br2S3.C7H5S2.3CH3.Sn/c1-5-6-7-8-9-10-11-12-13-14-15-16-17-32-29-20-24(4)34-31(29)30-22(2)18-25(36-30)28-21-27-26(35-28)19-23(3)33-27;1-3-4-5-6-7-8-9-10-11-12-13-14-15-26-19-17-21(25)28-23(19)22-18(2)16-20(24)27-22;1-5-4-7-6(9-5)2-3-8-7;;;;/h18-21H,5-17H2,1-4H3;16-17H,3-15H2,1-2H3;2,4H,1H3;3*1H3;.